The Hall–Kier alpha value is -1.63. The van der Waals surface area contributed by atoms with Crippen LogP contribution in [0.3, 0.4) is 0 Å². The zero-order valence-corrected chi connectivity index (χ0v) is 12.5. The maximum absolute atomic E-state index is 11.9. The molecule has 116 valence electrons. The minimum atomic E-state index is -0.00500. The van der Waals surface area contributed by atoms with Gasteiger partial charge in [0.25, 0.3) is 0 Å². The van der Waals surface area contributed by atoms with Crippen LogP contribution in [0.4, 0.5) is 11.4 Å². The predicted molar refractivity (Wildman–Crippen MR) is 82.1 cm³/mol. The van der Waals surface area contributed by atoms with E-state index in [-0.39, 0.29) is 18.1 Å². The normalized spacial score (nSPS) is 22.4. The monoisotopic (exact) mass is 293 g/mol. The van der Waals surface area contributed by atoms with Crippen molar-refractivity contribution in [2.75, 3.05) is 44.9 Å². The summed E-state index contributed by atoms with van der Waals surface area (Å²) in [5, 5.41) is 2.86. The maximum Gasteiger partial charge on any atom is 0.225 e. The van der Waals surface area contributed by atoms with E-state index >= 15 is 0 Å². The van der Waals surface area contributed by atoms with Gasteiger partial charge in [-0.25, -0.2) is 0 Å². The molecule has 6 heteroatoms. The van der Waals surface area contributed by atoms with Crippen molar-refractivity contribution >= 4 is 17.3 Å². The number of hydrogen-bond donors (Lipinski definition) is 2. The molecule has 1 fully saturated rings. The van der Waals surface area contributed by atoms with Crippen molar-refractivity contribution in [3.05, 3.63) is 24.3 Å². The van der Waals surface area contributed by atoms with Gasteiger partial charge in [-0.2, -0.15) is 0 Å². The summed E-state index contributed by atoms with van der Waals surface area (Å²) in [6.45, 7) is 2.29. The van der Waals surface area contributed by atoms with Crippen LogP contribution in [0.1, 0.15) is 6.42 Å². The summed E-state index contributed by atoms with van der Waals surface area (Å²) in [5.74, 6) is -0.00500. The number of anilines is 2. The molecule has 0 aromatic heterocycles. The molecule has 1 aromatic carbocycles. The lowest BCUT2D eigenvalue weighted by molar-refractivity contribution is -0.116. The van der Waals surface area contributed by atoms with Gasteiger partial charge in [-0.3, -0.25) is 9.69 Å². The largest absolute Gasteiger partial charge is 0.399 e. The first-order valence-electron chi connectivity index (χ1n) is 7.05. The minimum absolute atomic E-state index is 0.00500. The van der Waals surface area contributed by atoms with E-state index in [4.69, 9.17) is 15.2 Å². The molecule has 1 aromatic rings. The molecule has 3 N–H and O–H groups in total. The molecular formula is C15H23N3O3. The van der Waals surface area contributed by atoms with Gasteiger partial charge in [0.2, 0.25) is 5.91 Å². The van der Waals surface area contributed by atoms with Crippen molar-refractivity contribution in [3.63, 3.8) is 0 Å². The molecule has 0 radical (unpaired) electrons. The molecule has 1 aliphatic heterocycles. The number of benzene rings is 1. The van der Waals surface area contributed by atoms with Gasteiger partial charge >= 0.3 is 0 Å². The van der Waals surface area contributed by atoms with Gasteiger partial charge in [-0.15, -0.1) is 0 Å². The fourth-order valence-corrected chi connectivity index (χ4v) is 2.50. The highest BCUT2D eigenvalue weighted by Crippen LogP contribution is 2.16. The number of carbonyl (C=O) groups is 1. The highest BCUT2D eigenvalue weighted by molar-refractivity contribution is 5.90. The molecule has 1 heterocycles. The Labute approximate surface area is 125 Å². The Kier molecular flexibility index (Phi) is 5.55. The number of nitrogens with zero attached hydrogens (tertiary/aromatic N) is 1. The van der Waals surface area contributed by atoms with E-state index in [1.165, 1.54) is 0 Å². The average Bonchev–Trinajstić information content (AvgIpc) is 2.90. The number of rotatable bonds is 6. The van der Waals surface area contributed by atoms with E-state index in [0.717, 1.165) is 18.8 Å². The first kappa shape index (κ1) is 15.8. The number of amides is 1. The molecule has 1 amide bonds. The Morgan fingerprint density at radius 2 is 1.81 bits per heavy atom. The molecule has 2 rings (SSSR count). The smallest absolute Gasteiger partial charge is 0.225 e. The Morgan fingerprint density at radius 3 is 2.33 bits per heavy atom. The second-order valence-electron chi connectivity index (χ2n) is 5.23. The molecule has 6 nitrogen and oxygen atoms in total. The lowest BCUT2D eigenvalue weighted by atomic mass is 10.2. The van der Waals surface area contributed by atoms with Crippen LogP contribution in [-0.4, -0.2) is 56.9 Å². The zero-order valence-electron chi connectivity index (χ0n) is 12.5. The number of ether oxygens (including phenoxy) is 2. The summed E-state index contributed by atoms with van der Waals surface area (Å²) in [5.41, 5.74) is 7.05. The molecule has 0 aliphatic carbocycles. The zero-order chi connectivity index (χ0) is 15.2. The van der Waals surface area contributed by atoms with Crippen LogP contribution >= 0.6 is 0 Å². The molecule has 0 spiro atoms. The van der Waals surface area contributed by atoms with E-state index in [1.54, 1.807) is 38.5 Å². The summed E-state index contributed by atoms with van der Waals surface area (Å²) >= 11 is 0. The summed E-state index contributed by atoms with van der Waals surface area (Å²) in [6, 6.07) is 7.13. The fourth-order valence-electron chi connectivity index (χ4n) is 2.50. The van der Waals surface area contributed by atoms with Gasteiger partial charge in [-0.05, 0) is 24.3 Å². The van der Waals surface area contributed by atoms with Crippen LogP contribution in [0, 0.1) is 0 Å². The molecule has 21 heavy (non-hydrogen) atoms. The Balaban J connectivity index is 1.75. The number of likely N-dealkylation sites (tertiary alicyclic amines) is 1. The van der Waals surface area contributed by atoms with E-state index in [9.17, 15) is 4.79 Å². The van der Waals surface area contributed by atoms with Gasteiger partial charge in [0, 0.05) is 51.6 Å². The standard InChI is InChI=1S/C15H23N3O3/c1-20-13-9-18(10-14(13)21-2)8-7-15(19)17-12-5-3-11(16)4-6-12/h3-6,13-14H,7-10,16H2,1-2H3,(H,17,19). The highest BCUT2D eigenvalue weighted by Gasteiger charge is 2.32. The van der Waals surface area contributed by atoms with Gasteiger partial charge in [0.15, 0.2) is 0 Å². The van der Waals surface area contributed by atoms with Crippen LogP contribution in [0.15, 0.2) is 24.3 Å². The average molecular weight is 293 g/mol. The Morgan fingerprint density at radius 1 is 1.24 bits per heavy atom. The SMILES string of the molecule is COC1CN(CCC(=O)Nc2ccc(N)cc2)CC1OC. The van der Waals surface area contributed by atoms with Crippen LogP contribution in [0.25, 0.3) is 0 Å². The van der Waals surface area contributed by atoms with Gasteiger partial charge in [0.1, 0.15) is 0 Å². The van der Waals surface area contributed by atoms with Crippen LogP contribution in [-0.2, 0) is 14.3 Å². The lowest BCUT2D eigenvalue weighted by Crippen LogP contribution is -2.27. The molecule has 2 unspecified atom stereocenters. The summed E-state index contributed by atoms with van der Waals surface area (Å²) < 4.78 is 10.8. The van der Waals surface area contributed by atoms with Crippen molar-refractivity contribution in [2.45, 2.75) is 18.6 Å². The molecule has 0 saturated carbocycles. The Bertz CT molecular complexity index is 452. The van der Waals surface area contributed by atoms with Crippen LogP contribution in [0.5, 0.6) is 0 Å². The van der Waals surface area contributed by atoms with Crippen molar-refractivity contribution in [3.8, 4) is 0 Å². The van der Waals surface area contributed by atoms with E-state index in [2.05, 4.69) is 10.2 Å². The molecular weight excluding hydrogens is 270 g/mol. The van der Waals surface area contributed by atoms with Crippen LogP contribution in [0.2, 0.25) is 0 Å². The van der Waals surface area contributed by atoms with Crippen molar-refractivity contribution in [1.29, 1.82) is 0 Å². The predicted octanol–water partition coefficient (Wildman–Crippen LogP) is 0.943. The van der Waals surface area contributed by atoms with Gasteiger partial charge < -0.3 is 20.5 Å². The quantitative estimate of drug-likeness (QED) is 0.763. The second-order valence-corrected chi connectivity index (χ2v) is 5.23. The highest BCUT2D eigenvalue weighted by atomic mass is 16.5. The topological polar surface area (TPSA) is 76.8 Å². The summed E-state index contributed by atoms with van der Waals surface area (Å²) in [7, 11) is 3.38. The first-order chi connectivity index (χ1) is 10.1. The van der Waals surface area contributed by atoms with E-state index in [1.807, 2.05) is 0 Å². The van der Waals surface area contributed by atoms with Crippen molar-refractivity contribution in [2.24, 2.45) is 0 Å². The number of hydrogen-bond acceptors (Lipinski definition) is 5. The van der Waals surface area contributed by atoms with Crippen molar-refractivity contribution in [1.82, 2.24) is 4.90 Å². The van der Waals surface area contributed by atoms with Gasteiger partial charge in [0.05, 0.1) is 12.2 Å². The number of methoxy groups -OCH3 is 2. The number of carbonyl (C=O) groups excluding carboxylic acids is 1. The van der Waals surface area contributed by atoms with E-state index in [0.29, 0.717) is 18.7 Å². The second kappa shape index (κ2) is 7.40. The molecule has 0 bridgehead atoms. The number of nitrogens with one attached hydrogen (secondary N) is 1. The third-order valence-electron chi connectivity index (χ3n) is 3.75. The van der Waals surface area contributed by atoms with Gasteiger partial charge in [-0.1, -0.05) is 0 Å². The molecule has 1 aliphatic rings. The maximum atomic E-state index is 11.9. The fraction of sp³-hybridized carbons (Fsp3) is 0.533. The number of nitrogen functional groups attached to an aromatic ring is 1. The molecule has 2 atom stereocenters. The van der Waals surface area contributed by atoms with Crippen molar-refractivity contribution < 1.29 is 14.3 Å². The minimum Gasteiger partial charge on any atom is -0.399 e. The lowest BCUT2D eigenvalue weighted by Gasteiger charge is -2.14. The third kappa shape index (κ3) is 4.42. The van der Waals surface area contributed by atoms with Crippen LogP contribution < -0.4 is 11.1 Å². The summed E-state index contributed by atoms with van der Waals surface area (Å²) in [6.07, 6.45) is 0.599. The summed E-state index contributed by atoms with van der Waals surface area (Å²) in [4.78, 5) is 14.1. The molecule has 1 saturated heterocycles. The number of nitrogens with two attached hydrogens (primary N) is 1. The third-order valence-corrected chi connectivity index (χ3v) is 3.75. The first-order valence-corrected chi connectivity index (χ1v) is 7.05. The van der Waals surface area contributed by atoms with E-state index < -0.39 is 0 Å².